The van der Waals surface area contributed by atoms with Crippen molar-refractivity contribution in [2.45, 2.75) is 19.4 Å². The van der Waals surface area contributed by atoms with E-state index in [1.54, 1.807) is 11.3 Å². The number of nitrogens with two attached hydrogens (primary N) is 1. The summed E-state index contributed by atoms with van der Waals surface area (Å²) in [5, 5.41) is 0. The molecule has 3 aromatic rings. The van der Waals surface area contributed by atoms with Gasteiger partial charge in [0.25, 0.3) is 0 Å². The lowest BCUT2D eigenvalue weighted by Gasteiger charge is -2.04. The van der Waals surface area contributed by atoms with Gasteiger partial charge in [-0.2, -0.15) is 0 Å². The molecular formula is C12H13N3S. The summed E-state index contributed by atoms with van der Waals surface area (Å²) >= 11 is 1.72. The van der Waals surface area contributed by atoms with Crippen molar-refractivity contribution < 1.29 is 0 Å². The van der Waals surface area contributed by atoms with Crippen LogP contribution >= 0.6 is 11.3 Å². The molecule has 16 heavy (non-hydrogen) atoms. The van der Waals surface area contributed by atoms with Gasteiger partial charge in [0.15, 0.2) is 4.96 Å². The molecule has 0 fully saturated rings. The van der Waals surface area contributed by atoms with Crippen molar-refractivity contribution in [1.29, 1.82) is 0 Å². The molecule has 2 heterocycles. The van der Waals surface area contributed by atoms with Crippen LogP contribution in [0, 0.1) is 0 Å². The molecule has 0 aliphatic heterocycles. The maximum absolute atomic E-state index is 5.81. The van der Waals surface area contributed by atoms with Crippen LogP contribution in [0.25, 0.3) is 15.2 Å². The van der Waals surface area contributed by atoms with Crippen LogP contribution in [0.4, 0.5) is 0 Å². The number of rotatable bonds is 2. The summed E-state index contributed by atoms with van der Waals surface area (Å²) in [4.78, 5) is 5.35. The molecule has 1 atom stereocenters. The second kappa shape index (κ2) is 3.57. The van der Waals surface area contributed by atoms with Gasteiger partial charge in [0.05, 0.1) is 10.2 Å². The minimum absolute atomic E-state index is 0.210. The van der Waals surface area contributed by atoms with Gasteiger partial charge in [0.2, 0.25) is 0 Å². The van der Waals surface area contributed by atoms with Crippen molar-refractivity contribution in [1.82, 2.24) is 9.38 Å². The van der Waals surface area contributed by atoms with Gasteiger partial charge < -0.3 is 5.73 Å². The summed E-state index contributed by atoms with van der Waals surface area (Å²) in [6, 6.07) is 6.73. The largest absolute Gasteiger partial charge is 0.328 e. The number of nitrogens with zero attached hydrogens (tertiary/aromatic N) is 2. The van der Waals surface area contributed by atoms with Gasteiger partial charge in [-0.3, -0.25) is 4.40 Å². The van der Waals surface area contributed by atoms with Crippen molar-refractivity contribution in [2.24, 2.45) is 5.73 Å². The normalized spacial score (nSPS) is 13.6. The minimum Gasteiger partial charge on any atom is -0.328 e. The van der Waals surface area contributed by atoms with Crippen LogP contribution in [0.15, 0.2) is 30.6 Å². The third kappa shape index (κ3) is 1.50. The zero-order chi connectivity index (χ0) is 11.1. The van der Waals surface area contributed by atoms with Gasteiger partial charge in [-0.25, -0.2) is 4.98 Å². The fourth-order valence-corrected chi connectivity index (χ4v) is 3.03. The molecular weight excluding hydrogens is 218 g/mol. The third-order valence-corrected chi connectivity index (χ3v) is 3.68. The number of imidazole rings is 1. The first kappa shape index (κ1) is 9.81. The molecule has 2 N–H and O–H groups in total. The maximum Gasteiger partial charge on any atom is 0.194 e. The number of fused-ring (bicyclic) bond motifs is 3. The predicted octanol–water partition coefficient (Wildman–Crippen LogP) is 2.44. The van der Waals surface area contributed by atoms with Gasteiger partial charge in [-0.1, -0.05) is 17.4 Å². The standard InChI is InChI=1S/C12H13N3S/c1-8(13)6-9-2-3-10-11(7-9)16-12-14-4-5-15(10)12/h2-5,7-8H,6,13H2,1H3. The molecule has 0 bridgehead atoms. The van der Waals surface area contributed by atoms with E-state index >= 15 is 0 Å². The number of hydrogen-bond acceptors (Lipinski definition) is 3. The van der Waals surface area contributed by atoms with E-state index < -0.39 is 0 Å². The van der Waals surface area contributed by atoms with Gasteiger partial charge in [-0.05, 0) is 31.0 Å². The third-order valence-electron chi connectivity index (χ3n) is 2.65. The highest BCUT2D eigenvalue weighted by atomic mass is 32.1. The zero-order valence-corrected chi connectivity index (χ0v) is 9.87. The van der Waals surface area contributed by atoms with Crippen LogP contribution in [-0.2, 0) is 6.42 Å². The lowest BCUT2D eigenvalue weighted by molar-refractivity contribution is 0.739. The predicted molar refractivity (Wildman–Crippen MR) is 67.9 cm³/mol. The van der Waals surface area contributed by atoms with Gasteiger partial charge in [0.1, 0.15) is 0 Å². The van der Waals surface area contributed by atoms with Crippen LogP contribution < -0.4 is 5.73 Å². The number of hydrogen-bond donors (Lipinski definition) is 1. The van der Waals surface area contributed by atoms with E-state index in [2.05, 4.69) is 27.6 Å². The van der Waals surface area contributed by atoms with E-state index in [0.29, 0.717) is 0 Å². The Bertz CT molecular complexity index is 636. The van der Waals surface area contributed by atoms with E-state index in [0.717, 1.165) is 11.4 Å². The van der Waals surface area contributed by atoms with E-state index in [1.165, 1.54) is 15.8 Å². The SMILES string of the molecule is CC(N)Cc1ccc2c(c1)sc1nccn12. The van der Waals surface area contributed by atoms with Crippen LogP contribution in [0.2, 0.25) is 0 Å². The Morgan fingerprint density at radius 1 is 1.50 bits per heavy atom. The number of aromatic nitrogens is 2. The summed E-state index contributed by atoms with van der Waals surface area (Å²) in [5.41, 5.74) is 8.34. The van der Waals surface area contributed by atoms with Gasteiger partial charge in [-0.15, -0.1) is 0 Å². The molecule has 0 aliphatic rings. The highest BCUT2D eigenvalue weighted by molar-refractivity contribution is 7.23. The quantitative estimate of drug-likeness (QED) is 0.736. The summed E-state index contributed by atoms with van der Waals surface area (Å²) in [5.74, 6) is 0. The second-order valence-electron chi connectivity index (χ2n) is 4.17. The highest BCUT2D eigenvalue weighted by Gasteiger charge is 2.06. The molecule has 1 aromatic carbocycles. The van der Waals surface area contributed by atoms with E-state index in [4.69, 9.17) is 5.73 Å². The van der Waals surface area contributed by atoms with E-state index in [1.807, 2.05) is 19.3 Å². The molecule has 4 heteroatoms. The van der Waals surface area contributed by atoms with Crippen LogP contribution in [0.3, 0.4) is 0 Å². The summed E-state index contributed by atoms with van der Waals surface area (Å²) in [6.07, 6.45) is 4.76. The lowest BCUT2D eigenvalue weighted by atomic mass is 10.1. The Kier molecular flexibility index (Phi) is 2.19. The zero-order valence-electron chi connectivity index (χ0n) is 9.05. The molecule has 2 aromatic heterocycles. The lowest BCUT2D eigenvalue weighted by Crippen LogP contribution is -2.17. The van der Waals surface area contributed by atoms with Crippen LogP contribution in [0.1, 0.15) is 12.5 Å². The second-order valence-corrected chi connectivity index (χ2v) is 5.17. The van der Waals surface area contributed by atoms with Crippen LogP contribution in [-0.4, -0.2) is 15.4 Å². The highest BCUT2D eigenvalue weighted by Crippen LogP contribution is 2.26. The molecule has 0 saturated heterocycles. The van der Waals surface area contributed by atoms with Crippen molar-refractivity contribution in [3.8, 4) is 0 Å². The molecule has 3 rings (SSSR count). The summed E-state index contributed by atoms with van der Waals surface area (Å²) in [6.45, 7) is 2.03. The molecule has 1 unspecified atom stereocenters. The first-order valence-electron chi connectivity index (χ1n) is 5.34. The molecule has 0 aliphatic carbocycles. The molecule has 0 spiro atoms. The maximum atomic E-state index is 5.81. The van der Waals surface area contributed by atoms with Crippen molar-refractivity contribution in [3.63, 3.8) is 0 Å². The fraction of sp³-hybridized carbons (Fsp3) is 0.250. The van der Waals surface area contributed by atoms with E-state index in [9.17, 15) is 0 Å². The van der Waals surface area contributed by atoms with Gasteiger partial charge in [0, 0.05) is 18.4 Å². The fourth-order valence-electron chi connectivity index (χ4n) is 1.99. The first-order chi connectivity index (χ1) is 7.74. The molecule has 82 valence electrons. The minimum atomic E-state index is 0.210. The average Bonchev–Trinajstić information content (AvgIpc) is 2.75. The van der Waals surface area contributed by atoms with Crippen LogP contribution in [0.5, 0.6) is 0 Å². The Balaban J connectivity index is 2.17. The molecule has 0 radical (unpaired) electrons. The Morgan fingerprint density at radius 2 is 2.38 bits per heavy atom. The molecule has 0 saturated carbocycles. The molecule has 3 nitrogen and oxygen atoms in total. The van der Waals surface area contributed by atoms with Gasteiger partial charge >= 0.3 is 0 Å². The number of thiazole rings is 1. The Labute approximate surface area is 97.5 Å². The Hall–Kier alpha value is -1.39. The average molecular weight is 231 g/mol. The topological polar surface area (TPSA) is 43.3 Å². The van der Waals surface area contributed by atoms with E-state index in [-0.39, 0.29) is 6.04 Å². The Morgan fingerprint density at radius 3 is 3.19 bits per heavy atom. The molecule has 0 amide bonds. The van der Waals surface area contributed by atoms with Crippen molar-refractivity contribution in [2.75, 3.05) is 0 Å². The summed E-state index contributed by atoms with van der Waals surface area (Å²) < 4.78 is 3.40. The smallest absolute Gasteiger partial charge is 0.194 e. The summed E-state index contributed by atoms with van der Waals surface area (Å²) in [7, 11) is 0. The van der Waals surface area contributed by atoms with Crippen molar-refractivity contribution in [3.05, 3.63) is 36.2 Å². The van der Waals surface area contributed by atoms with Crippen molar-refractivity contribution >= 4 is 26.5 Å². The number of benzene rings is 1. The first-order valence-corrected chi connectivity index (χ1v) is 6.16. The monoisotopic (exact) mass is 231 g/mol.